The van der Waals surface area contributed by atoms with Crippen molar-refractivity contribution < 1.29 is 9.53 Å². The predicted octanol–water partition coefficient (Wildman–Crippen LogP) is 1.66. The number of hydrogen-bond acceptors (Lipinski definition) is 7. The lowest BCUT2D eigenvalue weighted by atomic mass is 10.0. The van der Waals surface area contributed by atoms with Crippen LogP contribution >= 0.6 is 0 Å². The summed E-state index contributed by atoms with van der Waals surface area (Å²) in [6.45, 7) is 8.37. The van der Waals surface area contributed by atoms with E-state index in [4.69, 9.17) is 14.7 Å². The van der Waals surface area contributed by atoms with Crippen molar-refractivity contribution in [3.05, 3.63) is 41.3 Å². The first kappa shape index (κ1) is 19.6. The highest BCUT2D eigenvalue weighted by Crippen LogP contribution is 2.27. The number of ether oxygens (including phenoxy) is 1. The third-order valence-electron chi connectivity index (χ3n) is 5.18. The van der Waals surface area contributed by atoms with Gasteiger partial charge in [0.15, 0.2) is 0 Å². The number of pyridine rings is 1. The van der Waals surface area contributed by atoms with E-state index in [1.165, 1.54) is 0 Å². The third kappa shape index (κ3) is 4.64. The third-order valence-corrected chi connectivity index (χ3v) is 5.18. The Morgan fingerprint density at radius 1 is 1.21 bits per heavy atom. The number of aromatic nitrogens is 3. The molecule has 1 amide bonds. The lowest BCUT2D eigenvalue weighted by molar-refractivity contribution is -0.131. The highest BCUT2D eigenvalue weighted by molar-refractivity contribution is 5.79. The molecule has 0 unspecified atom stereocenters. The average molecular weight is 396 g/mol. The minimum atomic E-state index is 0.0853. The van der Waals surface area contributed by atoms with Crippen LogP contribution in [0.4, 0.5) is 11.8 Å². The van der Waals surface area contributed by atoms with Crippen molar-refractivity contribution in [3.63, 3.8) is 0 Å². The van der Waals surface area contributed by atoms with Gasteiger partial charge in [0.1, 0.15) is 5.82 Å². The zero-order valence-corrected chi connectivity index (χ0v) is 17.1. The number of hydrogen-bond donors (Lipinski definition) is 1. The zero-order valence-electron chi connectivity index (χ0n) is 17.1. The predicted molar refractivity (Wildman–Crippen MR) is 111 cm³/mol. The molecule has 4 heterocycles. The van der Waals surface area contributed by atoms with Gasteiger partial charge < -0.3 is 19.9 Å². The standard InChI is InChI=1S/C21H28N6O2/c1-15(2)23-20-17-14-27(19(28)13-16-5-3-4-7-22-16)8-6-18(17)24-21(25-20)26-9-11-29-12-10-26/h3-5,7,15H,6,8-14H2,1-2H3,(H,23,24,25). The maximum atomic E-state index is 12.8. The summed E-state index contributed by atoms with van der Waals surface area (Å²) in [5.74, 6) is 1.67. The van der Waals surface area contributed by atoms with Crippen LogP contribution in [-0.4, -0.2) is 64.6 Å². The highest BCUT2D eigenvalue weighted by Gasteiger charge is 2.27. The maximum Gasteiger partial charge on any atom is 0.228 e. The lowest BCUT2D eigenvalue weighted by Crippen LogP contribution is -2.40. The van der Waals surface area contributed by atoms with Crippen LogP contribution < -0.4 is 10.2 Å². The topological polar surface area (TPSA) is 83.5 Å². The fraction of sp³-hybridized carbons (Fsp3) is 0.524. The number of carbonyl (C=O) groups is 1. The van der Waals surface area contributed by atoms with Gasteiger partial charge in [-0.25, -0.2) is 4.98 Å². The molecule has 29 heavy (non-hydrogen) atoms. The summed E-state index contributed by atoms with van der Waals surface area (Å²) in [6.07, 6.45) is 2.77. The monoisotopic (exact) mass is 396 g/mol. The normalized spacial score (nSPS) is 16.7. The molecule has 8 heteroatoms. The summed E-state index contributed by atoms with van der Waals surface area (Å²) in [7, 11) is 0. The van der Waals surface area contributed by atoms with Crippen LogP contribution in [0.25, 0.3) is 0 Å². The van der Waals surface area contributed by atoms with E-state index in [0.717, 1.165) is 48.2 Å². The molecule has 0 radical (unpaired) electrons. The number of fused-ring (bicyclic) bond motifs is 1. The second-order valence-corrected chi connectivity index (χ2v) is 7.76. The van der Waals surface area contributed by atoms with E-state index in [0.29, 0.717) is 32.7 Å². The molecule has 0 bridgehead atoms. The van der Waals surface area contributed by atoms with Crippen LogP contribution in [0, 0.1) is 0 Å². The molecule has 154 valence electrons. The number of morpholine rings is 1. The van der Waals surface area contributed by atoms with Crippen LogP contribution in [0.1, 0.15) is 30.8 Å². The Labute approximate surface area is 171 Å². The van der Waals surface area contributed by atoms with Gasteiger partial charge in [-0.05, 0) is 26.0 Å². The molecule has 1 saturated heterocycles. The van der Waals surface area contributed by atoms with Crippen LogP contribution in [0.3, 0.4) is 0 Å². The van der Waals surface area contributed by atoms with Crippen LogP contribution in [0.2, 0.25) is 0 Å². The van der Waals surface area contributed by atoms with Crippen LogP contribution in [0.15, 0.2) is 24.4 Å². The maximum absolute atomic E-state index is 12.8. The number of nitrogens with zero attached hydrogens (tertiary/aromatic N) is 5. The number of carbonyl (C=O) groups excluding carboxylic acids is 1. The molecule has 2 aliphatic rings. The first-order valence-electron chi connectivity index (χ1n) is 10.3. The Morgan fingerprint density at radius 3 is 2.76 bits per heavy atom. The van der Waals surface area contributed by atoms with Crippen molar-refractivity contribution in [3.8, 4) is 0 Å². The minimum Gasteiger partial charge on any atom is -0.378 e. The van der Waals surface area contributed by atoms with Crippen LogP contribution in [0.5, 0.6) is 0 Å². The van der Waals surface area contributed by atoms with E-state index in [9.17, 15) is 4.79 Å². The van der Waals surface area contributed by atoms with E-state index in [1.807, 2.05) is 23.1 Å². The first-order valence-corrected chi connectivity index (χ1v) is 10.3. The van der Waals surface area contributed by atoms with Gasteiger partial charge in [0.05, 0.1) is 31.9 Å². The van der Waals surface area contributed by atoms with Gasteiger partial charge in [0, 0.05) is 49.6 Å². The lowest BCUT2D eigenvalue weighted by Gasteiger charge is -2.32. The zero-order chi connectivity index (χ0) is 20.2. The molecular formula is C21H28N6O2. The number of amides is 1. The van der Waals surface area contributed by atoms with Gasteiger partial charge in [-0.3, -0.25) is 9.78 Å². The van der Waals surface area contributed by atoms with Gasteiger partial charge in [-0.15, -0.1) is 0 Å². The van der Waals surface area contributed by atoms with Gasteiger partial charge in [0.2, 0.25) is 11.9 Å². The summed E-state index contributed by atoms with van der Waals surface area (Å²) in [5, 5.41) is 3.46. The molecule has 0 aliphatic carbocycles. The summed E-state index contributed by atoms with van der Waals surface area (Å²) >= 11 is 0. The van der Waals surface area contributed by atoms with Gasteiger partial charge in [-0.2, -0.15) is 4.98 Å². The second kappa shape index (κ2) is 8.73. The average Bonchev–Trinajstić information content (AvgIpc) is 2.74. The Kier molecular flexibility index (Phi) is 5.89. The van der Waals surface area contributed by atoms with Crippen molar-refractivity contribution in [1.29, 1.82) is 0 Å². The van der Waals surface area contributed by atoms with Gasteiger partial charge >= 0.3 is 0 Å². The van der Waals surface area contributed by atoms with Crippen molar-refractivity contribution in [1.82, 2.24) is 19.9 Å². The Bertz CT molecular complexity index is 852. The quantitative estimate of drug-likeness (QED) is 0.823. The molecule has 1 fully saturated rings. The molecule has 0 aromatic carbocycles. The Balaban J connectivity index is 1.56. The highest BCUT2D eigenvalue weighted by atomic mass is 16.5. The summed E-state index contributed by atoms with van der Waals surface area (Å²) in [6, 6.07) is 5.90. The van der Waals surface area contributed by atoms with E-state index in [-0.39, 0.29) is 11.9 Å². The SMILES string of the molecule is CC(C)Nc1nc(N2CCOCC2)nc2c1CN(C(=O)Cc1ccccn1)CC2. The molecular weight excluding hydrogens is 368 g/mol. The van der Waals surface area contributed by atoms with E-state index < -0.39 is 0 Å². The Morgan fingerprint density at radius 2 is 2.03 bits per heavy atom. The molecule has 0 spiro atoms. The van der Waals surface area contributed by atoms with E-state index in [1.54, 1.807) is 6.20 Å². The van der Waals surface area contributed by atoms with Crippen molar-refractivity contribution in [2.75, 3.05) is 43.1 Å². The van der Waals surface area contributed by atoms with Crippen LogP contribution in [-0.2, 0) is 28.9 Å². The molecule has 2 aliphatic heterocycles. The fourth-order valence-electron chi connectivity index (χ4n) is 3.68. The van der Waals surface area contributed by atoms with E-state index in [2.05, 4.69) is 29.0 Å². The fourth-order valence-corrected chi connectivity index (χ4v) is 3.68. The number of nitrogens with one attached hydrogen (secondary N) is 1. The number of anilines is 2. The van der Waals surface area contributed by atoms with Crippen molar-refractivity contribution >= 4 is 17.7 Å². The summed E-state index contributed by atoms with van der Waals surface area (Å²) < 4.78 is 5.46. The van der Waals surface area contributed by atoms with E-state index >= 15 is 0 Å². The minimum absolute atomic E-state index is 0.0853. The summed E-state index contributed by atoms with van der Waals surface area (Å²) in [4.78, 5) is 30.8. The largest absolute Gasteiger partial charge is 0.378 e. The molecule has 2 aromatic rings. The molecule has 8 nitrogen and oxygen atoms in total. The smallest absolute Gasteiger partial charge is 0.228 e. The van der Waals surface area contributed by atoms with Gasteiger partial charge in [0.25, 0.3) is 0 Å². The van der Waals surface area contributed by atoms with Crippen molar-refractivity contribution in [2.45, 2.75) is 39.3 Å². The molecule has 2 aromatic heterocycles. The van der Waals surface area contributed by atoms with Crippen molar-refractivity contribution in [2.24, 2.45) is 0 Å². The summed E-state index contributed by atoms with van der Waals surface area (Å²) in [5.41, 5.74) is 2.85. The van der Waals surface area contributed by atoms with Gasteiger partial charge in [-0.1, -0.05) is 6.07 Å². The molecule has 0 atom stereocenters. The Hall–Kier alpha value is -2.74. The molecule has 0 saturated carbocycles. The number of rotatable bonds is 5. The second-order valence-electron chi connectivity index (χ2n) is 7.76. The molecule has 1 N–H and O–H groups in total. The first-order chi connectivity index (χ1) is 14.1. The molecule has 4 rings (SSSR count).